The molecule has 2 heterocycles. The first kappa shape index (κ1) is 17.7. The minimum Gasteiger partial charge on any atom is -0.380 e. The van der Waals surface area contributed by atoms with Gasteiger partial charge in [-0.15, -0.1) is 0 Å². The SMILES string of the molecule is O=C1c2ccccc2C(=O)N1[C@@H]1Cc2ccccc2N[C@@H]1CCc1ccccc1. The second-order valence-electron chi connectivity index (χ2n) is 7.73. The highest BCUT2D eigenvalue weighted by Gasteiger charge is 2.44. The Morgan fingerprint density at radius 2 is 1.41 bits per heavy atom. The summed E-state index contributed by atoms with van der Waals surface area (Å²) in [6.07, 6.45) is 2.41. The van der Waals surface area contributed by atoms with Crippen LogP contribution in [0.5, 0.6) is 0 Å². The molecule has 0 aromatic heterocycles. The van der Waals surface area contributed by atoms with E-state index >= 15 is 0 Å². The van der Waals surface area contributed by atoms with Crippen LogP contribution in [0, 0.1) is 0 Å². The van der Waals surface area contributed by atoms with Gasteiger partial charge in [-0.05, 0) is 48.6 Å². The molecule has 0 fully saturated rings. The summed E-state index contributed by atoms with van der Waals surface area (Å²) in [5, 5.41) is 3.62. The van der Waals surface area contributed by atoms with Crippen LogP contribution in [0.25, 0.3) is 0 Å². The van der Waals surface area contributed by atoms with Gasteiger partial charge in [-0.2, -0.15) is 0 Å². The lowest BCUT2D eigenvalue weighted by Gasteiger charge is -2.39. The van der Waals surface area contributed by atoms with Crippen LogP contribution in [0.1, 0.15) is 38.3 Å². The second-order valence-corrected chi connectivity index (χ2v) is 7.73. The quantitative estimate of drug-likeness (QED) is 0.684. The van der Waals surface area contributed by atoms with Crippen molar-refractivity contribution in [2.75, 3.05) is 5.32 Å². The normalized spacial score (nSPS) is 20.2. The predicted molar refractivity (Wildman–Crippen MR) is 113 cm³/mol. The lowest BCUT2D eigenvalue weighted by molar-refractivity contribution is 0.0560. The van der Waals surface area contributed by atoms with Crippen LogP contribution in [0.4, 0.5) is 5.69 Å². The smallest absolute Gasteiger partial charge is 0.261 e. The number of rotatable bonds is 4. The molecule has 0 aliphatic carbocycles. The van der Waals surface area contributed by atoms with Crippen LogP contribution in [0.15, 0.2) is 78.9 Å². The van der Waals surface area contributed by atoms with Crippen LogP contribution in [0.2, 0.25) is 0 Å². The van der Waals surface area contributed by atoms with Gasteiger partial charge < -0.3 is 5.32 Å². The fraction of sp³-hybridized carbons (Fsp3) is 0.200. The molecule has 0 unspecified atom stereocenters. The summed E-state index contributed by atoms with van der Waals surface area (Å²) in [5.74, 6) is -0.358. The van der Waals surface area contributed by atoms with Gasteiger partial charge in [-0.1, -0.05) is 60.7 Å². The van der Waals surface area contributed by atoms with E-state index < -0.39 is 0 Å². The highest BCUT2D eigenvalue weighted by Crippen LogP contribution is 2.34. The van der Waals surface area contributed by atoms with E-state index in [1.807, 2.05) is 42.5 Å². The molecule has 29 heavy (non-hydrogen) atoms. The van der Waals surface area contributed by atoms with Gasteiger partial charge in [0.15, 0.2) is 0 Å². The molecule has 5 rings (SSSR count). The Balaban J connectivity index is 1.47. The van der Waals surface area contributed by atoms with E-state index in [0.29, 0.717) is 17.5 Å². The molecule has 4 nitrogen and oxygen atoms in total. The van der Waals surface area contributed by atoms with E-state index in [9.17, 15) is 9.59 Å². The number of carbonyl (C=O) groups excluding carboxylic acids is 2. The van der Waals surface area contributed by atoms with Crippen LogP contribution in [-0.2, 0) is 12.8 Å². The monoisotopic (exact) mass is 382 g/mol. The first-order valence-corrected chi connectivity index (χ1v) is 10.1. The van der Waals surface area contributed by atoms with Gasteiger partial charge in [0.05, 0.1) is 17.2 Å². The number of para-hydroxylation sites is 1. The standard InChI is InChI=1S/C25H22N2O2/c28-24-19-11-5-6-12-20(19)25(29)27(24)23-16-18-10-4-7-13-21(18)26-22(23)15-14-17-8-2-1-3-9-17/h1-13,22-23,26H,14-16H2/t22-,23-/m1/s1. The third kappa shape index (κ3) is 3.11. The molecule has 0 saturated carbocycles. The zero-order valence-corrected chi connectivity index (χ0v) is 16.0. The van der Waals surface area contributed by atoms with Gasteiger partial charge >= 0.3 is 0 Å². The van der Waals surface area contributed by atoms with E-state index in [4.69, 9.17) is 0 Å². The van der Waals surface area contributed by atoms with Gasteiger partial charge in [0.1, 0.15) is 0 Å². The molecule has 2 atom stereocenters. The Kier molecular flexibility index (Phi) is 4.39. The number of anilines is 1. The van der Waals surface area contributed by atoms with Crippen molar-refractivity contribution < 1.29 is 9.59 Å². The average Bonchev–Trinajstić information content (AvgIpc) is 3.03. The van der Waals surface area contributed by atoms with Crippen LogP contribution in [-0.4, -0.2) is 28.8 Å². The zero-order chi connectivity index (χ0) is 19.8. The van der Waals surface area contributed by atoms with Crippen LogP contribution < -0.4 is 5.32 Å². The number of fused-ring (bicyclic) bond motifs is 2. The number of nitrogens with one attached hydrogen (secondary N) is 1. The summed E-state index contributed by atoms with van der Waals surface area (Å²) in [4.78, 5) is 27.7. The molecule has 0 radical (unpaired) electrons. The highest BCUT2D eigenvalue weighted by atomic mass is 16.2. The summed E-state index contributed by atoms with van der Waals surface area (Å²) in [6.45, 7) is 0. The van der Waals surface area contributed by atoms with Crippen molar-refractivity contribution in [3.8, 4) is 0 Å². The number of aryl methyl sites for hydroxylation is 1. The maximum absolute atomic E-state index is 13.1. The molecule has 2 amide bonds. The van der Waals surface area contributed by atoms with Gasteiger partial charge in [0.2, 0.25) is 0 Å². The van der Waals surface area contributed by atoms with Crippen molar-refractivity contribution in [3.05, 3.63) is 101 Å². The average molecular weight is 382 g/mol. The number of amides is 2. The number of benzene rings is 3. The topological polar surface area (TPSA) is 49.4 Å². The number of imide groups is 1. The van der Waals surface area contributed by atoms with E-state index in [1.165, 1.54) is 10.5 Å². The van der Waals surface area contributed by atoms with Crippen molar-refractivity contribution in [1.29, 1.82) is 0 Å². The molecule has 3 aromatic carbocycles. The van der Waals surface area contributed by atoms with E-state index in [1.54, 1.807) is 12.1 Å². The zero-order valence-electron chi connectivity index (χ0n) is 16.0. The van der Waals surface area contributed by atoms with Gasteiger partial charge in [-0.25, -0.2) is 0 Å². The molecule has 2 aliphatic heterocycles. The maximum atomic E-state index is 13.1. The number of hydrogen-bond donors (Lipinski definition) is 1. The summed E-state index contributed by atoms with van der Waals surface area (Å²) < 4.78 is 0. The van der Waals surface area contributed by atoms with Crippen molar-refractivity contribution in [2.24, 2.45) is 0 Å². The maximum Gasteiger partial charge on any atom is 0.261 e. The molecule has 0 saturated heterocycles. The molecule has 0 bridgehead atoms. The molecular weight excluding hydrogens is 360 g/mol. The Morgan fingerprint density at radius 3 is 2.14 bits per heavy atom. The summed E-state index contributed by atoms with van der Waals surface area (Å²) in [7, 11) is 0. The Bertz CT molecular complexity index is 1040. The Labute approximate surface area is 170 Å². The third-order valence-corrected chi connectivity index (χ3v) is 6.00. The lowest BCUT2D eigenvalue weighted by atomic mass is 9.88. The molecule has 4 heteroatoms. The molecule has 2 aliphatic rings. The van der Waals surface area contributed by atoms with Gasteiger partial charge in [-0.3, -0.25) is 14.5 Å². The van der Waals surface area contributed by atoms with E-state index in [0.717, 1.165) is 24.1 Å². The van der Waals surface area contributed by atoms with Crippen molar-refractivity contribution in [3.63, 3.8) is 0 Å². The van der Waals surface area contributed by atoms with Crippen molar-refractivity contribution in [2.45, 2.75) is 31.3 Å². The minimum atomic E-state index is -0.207. The molecule has 1 N–H and O–H groups in total. The molecular formula is C25H22N2O2. The van der Waals surface area contributed by atoms with E-state index in [2.05, 4.69) is 29.6 Å². The largest absolute Gasteiger partial charge is 0.380 e. The van der Waals surface area contributed by atoms with Gasteiger partial charge in [0, 0.05) is 11.7 Å². The molecule has 3 aromatic rings. The summed E-state index contributed by atoms with van der Waals surface area (Å²) in [6, 6.07) is 25.4. The summed E-state index contributed by atoms with van der Waals surface area (Å²) >= 11 is 0. The third-order valence-electron chi connectivity index (χ3n) is 6.00. The second kappa shape index (κ2) is 7.21. The fourth-order valence-corrected chi connectivity index (χ4v) is 4.51. The number of carbonyl (C=O) groups is 2. The lowest BCUT2D eigenvalue weighted by Crippen LogP contribution is -2.53. The predicted octanol–water partition coefficient (Wildman–Crippen LogP) is 4.32. The minimum absolute atomic E-state index is 0.00678. The molecule has 144 valence electrons. The summed E-state index contributed by atoms with van der Waals surface area (Å²) in [5.41, 5.74) is 4.52. The van der Waals surface area contributed by atoms with Crippen molar-refractivity contribution in [1.82, 2.24) is 4.90 Å². The number of nitrogens with zero attached hydrogens (tertiary/aromatic N) is 1. The first-order valence-electron chi connectivity index (χ1n) is 10.1. The Hall–Kier alpha value is -3.40. The fourth-order valence-electron chi connectivity index (χ4n) is 4.51. The van der Waals surface area contributed by atoms with Crippen LogP contribution >= 0.6 is 0 Å². The first-order chi connectivity index (χ1) is 14.2. The highest BCUT2D eigenvalue weighted by molar-refractivity contribution is 6.21. The number of hydrogen-bond acceptors (Lipinski definition) is 3. The Morgan fingerprint density at radius 1 is 0.793 bits per heavy atom. The van der Waals surface area contributed by atoms with E-state index in [-0.39, 0.29) is 23.9 Å². The molecule has 0 spiro atoms. The van der Waals surface area contributed by atoms with Crippen molar-refractivity contribution >= 4 is 17.5 Å². The van der Waals surface area contributed by atoms with Gasteiger partial charge in [0.25, 0.3) is 11.8 Å². The van der Waals surface area contributed by atoms with Crippen LogP contribution in [0.3, 0.4) is 0 Å².